The Balaban J connectivity index is 1.78. The zero-order valence-electron chi connectivity index (χ0n) is 16.9. The van der Waals surface area contributed by atoms with Crippen LogP contribution < -0.4 is 5.32 Å². The lowest BCUT2D eigenvalue weighted by Gasteiger charge is -2.19. The van der Waals surface area contributed by atoms with Crippen LogP contribution in [-0.2, 0) is 7.05 Å². The molecule has 0 spiro atoms. The summed E-state index contributed by atoms with van der Waals surface area (Å²) in [7, 11) is 1.85. The summed E-state index contributed by atoms with van der Waals surface area (Å²) in [5.41, 5.74) is 1.75. The maximum Gasteiger partial charge on any atom is 0.276 e. The molecule has 1 heterocycles. The molecule has 31 heavy (non-hydrogen) atoms. The Kier molecular flexibility index (Phi) is 5.21. The highest BCUT2D eigenvalue weighted by atomic mass is 19.1. The van der Waals surface area contributed by atoms with Crippen LogP contribution in [0.3, 0.4) is 0 Å². The Morgan fingerprint density at radius 3 is 2.48 bits per heavy atom. The third kappa shape index (κ3) is 3.75. The zero-order valence-corrected chi connectivity index (χ0v) is 16.9. The van der Waals surface area contributed by atoms with Crippen LogP contribution in [0.15, 0.2) is 66.7 Å². The number of carbonyl (C=O) groups is 1. The Bertz CT molecular complexity index is 1300. The molecule has 1 aromatic heterocycles. The molecule has 0 radical (unpaired) electrons. The maximum atomic E-state index is 14.2. The Morgan fingerprint density at radius 2 is 1.81 bits per heavy atom. The van der Waals surface area contributed by atoms with Gasteiger partial charge in [-0.05, 0) is 30.7 Å². The number of nitro benzene ring substituents is 1. The van der Waals surface area contributed by atoms with E-state index in [0.717, 1.165) is 28.7 Å². The van der Waals surface area contributed by atoms with Gasteiger partial charge in [0.15, 0.2) is 0 Å². The smallest absolute Gasteiger partial charge is 0.276 e. The number of imidazole rings is 1. The molecule has 0 fully saturated rings. The first-order valence-electron chi connectivity index (χ1n) is 9.58. The molecular formula is C23H19FN4O3. The van der Waals surface area contributed by atoms with E-state index in [-0.39, 0.29) is 11.1 Å². The van der Waals surface area contributed by atoms with Gasteiger partial charge in [-0.2, -0.15) is 0 Å². The number of halogens is 1. The summed E-state index contributed by atoms with van der Waals surface area (Å²) >= 11 is 0. The Hall–Kier alpha value is -4.07. The number of rotatable bonds is 5. The molecule has 4 aromatic rings. The monoisotopic (exact) mass is 418 g/mol. The molecule has 0 saturated heterocycles. The molecule has 0 aliphatic carbocycles. The van der Waals surface area contributed by atoms with Crippen LogP contribution in [-0.4, -0.2) is 20.4 Å². The SMILES string of the molecule is Cc1c(F)cc(C(=O)NC(c2ccccc2)c2nc3ccccc3n2C)cc1[N+](=O)[O-]. The van der Waals surface area contributed by atoms with E-state index in [1.165, 1.54) is 6.92 Å². The minimum absolute atomic E-state index is 0.114. The molecule has 1 unspecified atom stereocenters. The summed E-state index contributed by atoms with van der Waals surface area (Å²) in [5.74, 6) is -0.857. The van der Waals surface area contributed by atoms with E-state index in [1.54, 1.807) is 0 Å². The van der Waals surface area contributed by atoms with E-state index in [2.05, 4.69) is 10.3 Å². The molecule has 1 amide bonds. The van der Waals surface area contributed by atoms with Crippen LogP contribution >= 0.6 is 0 Å². The molecule has 1 N–H and O–H groups in total. The van der Waals surface area contributed by atoms with Gasteiger partial charge in [0, 0.05) is 18.7 Å². The highest BCUT2D eigenvalue weighted by molar-refractivity contribution is 5.95. The second-order valence-corrected chi connectivity index (χ2v) is 7.19. The molecule has 0 aliphatic rings. The van der Waals surface area contributed by atoms with Crippen LogP contribution in [0.5, 0.6) is 0 Å². The summed E-state index contributed by atoms with van der Waals surface area (Å²) in [6.45, 7) is 1.31. The number of fused-ring (bicyclic) bond motifs is 1. The lowest BCUT2D eigenvalue weighted by molar-refractivity contribution is -0.385. The third-order valence-electron chi connectivity index (χ3n) is 5.26. The zero-order chi connectivity index (χ0) is 22.1. The number of amides is 1. The van der Waals surface area contributed by atoms with Gasteiger partial charge < -0.3 is 9.88 Å². The van der Waals surface area contributed by atoms with Gasteiger partial charge in [-0.15, -0.1) is 0 Å². The number of aryl methyl sites for hydroxylation is 1. The summed E-state index contributed by atoms with van der Waals surface area (Å²) in [6.07, 6.45) is 0. The van der Waals surface area contributed by atoms with Crippen molar-refractivity contribution in [3.8, 4) is 0 Å². The number of nitrogens with zero attached hydrogens (tertiary/aromatic N) is 3. The van der Waals surface area contributed by atoms with Gasteiger partial charge in [0.05, 0.1) is 21.5 Å². The summed E-state index contributed by atoms with van der Waals surface area (Å²) in [6, 6.07) is 18.3. The van der Waals surface area contributed by atoms with Crippen molar-refractivity contribution in [1.29, 1.82) is 0 Å². The predicted octanol–water partition coefficient (Wildman–Crippen LogP) is 4.45. The first kappa shape index (κ1) is 20.2. The van der Waals surface area contributed by atoms with Gasteiger partial charge in [-0.3, -0.25) is 14.9 Å². The van der Waals surface area contributed by atoms with Gasteiger partial charge in [0.2, 0.25) is 0 Å². The number of nitro groups is 1. The minimum atomic E-state index is -0.807. The van der Waals surface area contributed by atoms with E-state index < -0.39 is 28.4 Å². The standard InChI is InChI=1S/C23H19FN4O3/c1-14-17(24)12-16(13-20(14)28(30)31)23(29)26-21(15-8-4-3-5-9-15)22-25-18-10-6-7-11-19(18)27(22)2/h3-13,21H,1-2H3,(H,26,29). The van der Waals surface area contributed by atoms with Crippen LogP contribution in [0.4, 0.5) is 10.1 Å². The lowest BCUT2D eigenvalue weighted by Crippen LogP contribution is -2.31. The topological polar surface area (TPSA) is 90.1 Å². The van der Waals surface area contributed by atoms with Crippen molar-refractivity contribution in [2.45, 2.75) is 13.0 Å². The summed E-state index contributed by atoms with van der Waals surface area (Å²) in [4.78, 5) is 28.3. The average Bonchev–Trinajstić information content (AvgIpc) is 3.10. The van der Waals surface area contributed by atoms with Crippen molar-refractivity contribution in [2.24, 2.45) is 7.05 Å². The van der Waals surface area contributed by atoms with Gasteiger partial charge in [-0.25, -0.2) is 9.37 Å². The van der Waals surface area contributed by atoms with Crippen molar-refractivity contribution in [1.82, 2.24) is 14.9 Å². The highest BCUT2D eigenvalue weighted by Crippen LogP contribution is 2.27. The number of para-hydroxylation sites is 2. The molecule has 0 bridgehead atoms. The van der Waals surface area contributed by atoms with Crippen LogP contribution in [0.2, 0.25) is 0 Å². The number of nitrogens with one attached hydrogen (secondary N) is 1. The quantitative estimate of drug-likeness (QED) is 0.383. The number of hydrogen-bond acceptors (Lipinski definition) is 4. The van der Waals surface area contributed by atoms with Crippen molar-refractivity contribution in [3.05, 3.63) is 105 Å². The van der Waals surface area contributed by atoms with Crippen LogP contribution in [0, 0.1) is 22.9 Å². The minimum Gasteiger partial charge on any atom is -0.338 e. The number of benzene rings is 3. The second kappa shape index (κ2) is 7.98. The average molecular weight is 418 g/mol. The van der Waals surface area contributed by atoms with Crippen LogP contribution in [0.1, 0.15) is 33.4 Å². The molecule has 156 valence electrons. The maximum absolute atomic E-state index is 14.2. The number of carbonyl (C=O) groups excluding carboxylic acids is 1. The van der Waals surface area contributed by atoms with Gasteiger partial charge in [-0.1, -0.05) is 42.5 Å². The van der Waals surface area contributed by atoms with E-state index in [1.807, 2.05) is 66.2 Å². The Labute approximate surface area is 177 Å². The van der Waals surface area contributed by atoms with E-state index in [9.17, 15) is 19.3 Å². The van der Waals surface area contributed by atoms with Crippen molar-refractivity contribution in [2.75, 3.05) is 0 Å². The lowest BCUT2D eigenvalue weighted by atomic mass is 10.0. The fourth-order valence-corrected chi connectivity index (χ4v) is 3.56. The fraction of sp³-hybridized carbons (Fsp3) is 0.130. The third-order valence-corrected chi connectivity index (χ3v) is 5.26. The fourth-order valence-electron chi connectivity index (χ4n) is 3.56. The first-order chi connectivity index (χ1) is 14.9. The second-order valence-electron chi connectivity index (χ2n) is 7.19. The molecule has 0 aliphatic heterocycles. The van der Waals surface area contributed by atoms with Crippen molar-refractivity contribution in [3.63, 3.8) is 0 Å². The largest absolute Gasteiger partial charge is 0.338 e. The Morgan fingerprint density at radius 1 is 1.13 bits per heavy atom. The number of aromatic nitrogens is 2. The van der Waals surface area contributed by atoms with Gasteiger partial charge in [0.25, 0.3) is 11.6 Å². The van der Waals surface area contributed by atoms with Gasteiger partial charge >= 0.3 is 0 Å². The van der Waals surface area contributed by atoms with Crippen LogP contribution in [0.25, 0.3) is 11.0 Å². The predicted molar refractivity (Wildman–Crippen MR) is 114 cm³/mol. The normalized spacial score (nSPS) is 12.0. The molecule has 0 saturated carbocycles. The molecule has 1 atom stereocenters. The highest BCUT2D eigenvalue weighted by Gasteiger charge is 2.25. The molecular weight excluding hydrogens is 399 g/mol. The van der Waals surface area contributed by atoms with E-state index in [4.69, 9.17) is 0 Å². The molecule has 4 rings (SSSR count). The van der Waals surface area contributed by atoms with E-state index in [0.29, 0.717) is 5.82 Å². The van der Waals surface area contributed by atoms with Crippen molar-refractivity contribution < 1.29 is 14.1 Å². The van der Waals surface area contributed by atoms with Gasteiger partial charge in [0.1, 0.15) is 17.7 Å². The molecule has 8 heteroatoms. The van der Waals surface area contributed by atoms with Crippen molar-refractivity contribution >= 4 is 22.6 Å². The first-order valence-corrected chi connectivity index (χ1v) is 9.58. The molecule has 7 nitrogen and oxygen atoms in total. The number of hydrogen-bond donors (Lipinski definition) is 1. The van der Waals surface area contributed by atoms with E-state index >= 15 is 0 Å². The summed E-state index contributed by atoms with van der Waals surface area (Å²) in [5, 5.41) is 14.1. The molecule has 3 aromatic carbocycles. The summed E-state index contributed by atoms with van der Waals surface area (Å²) < 4.78 is 16.1.